The van der Waals surface area contributed by atoms with Crippen LogP contribution in [0.4, 0.5) is 10.1 Å². The topological polar surface area (TPSA) is 15.3 Å². The molecule has 1 aromatic rings. The molecule has 1 heterocycles. The van der Waals surface area contributed by atoms with Gasteiger partial charge < -0.3 is 10.2 Å². The van der Waals surface area contributed by atoms with E-state index >= 15 is 0 Å². The van der Waals surface area contributed by atoms with Gasteiger partial charge >= 0.3 is 0 Å². The first-order valence-electron chi connectivity index (χ1n) is 5.58. The van der Waals surface area contributed by atoms with E-state index in [1.54, 1.807) is 6.07 Å². The Morgan fingerprint density at radius 3 is 2.62 bits per heavy atom. The monoisotopic (exact) mass is 242 g/mol. The number of anilines is 1. The number of halogens is 2. The van der Waals surface area contributed by atoms with Crippen molar-refractivity contribution in [3.63, 3.8) is 0 Å². The summed E-state index contributed by atoms with van der Waals surface area (Å²) in [6, 6.07) is 5.61. The Balaban J connectivity index is 2.05. The third kappa shape index (κ3) is 2.47. The van der Waals surface area contributed by atoms with Gasteiger partial charge in [-0.3, -0.25) is 0 Å². The van der Waals surface area contributed by atoms with Gasteiger partial charge in [0.15, 0.2) is 0 Å². The first-order chi connectivity index (χ1) is 7.70. The van der Waals surface area contributed by atoms with Crippen LogP contribution in [0, 0.1) is 5.82 Å². The fraction of sp³-hybridized carbons (Fsp3) is 0.500. The van der Waals surface area contributed by atoms with Crippen molar-refractivity contribution < 1.29 is 4.39 Å². The van der Waals surface area contributed by atoms with Gasteiger partial charge in [0.1, 0.15) is 5.82 Å². The molecule has 0 bridgehead atoms. The molecule has 16 heavy (non-hydrogen) atoms. The normalized spacial score (nSPS) is 17.8. The number of nitrogens with one attached hydrogen (secondary N) is 1. The fourth-order valence-corrected chi connectivity index (χ4v) is 2.23. The second-order valence-electron chi connectivity index (χ2n) is 4.15. The van der Waals surface area contributed by atoms with Crippen molar-refractivity contribution in [2.75, 3.05) is 25.0 Å². The minimum Gasteiger partial charge on any atom is -0.371 e. The molecule has 0 unspecified atom stereocenters. The zero-order valence-corrected chi connectivity index (χ0v) is 10.1. The molecule has 88 valence electrons. The predicted molar refractivity (Wildman–Crippen MR) is 65.7 cm³/mol. The van der Waals surface area contributed by atoms with Gasteiger partial charge in [0.05, 0.1) is 5.02 Å². The van der Waals surface area contributed by atoms with Gasteiger partial charge in [0.2, 0.25) is 0 Å². The summed E-state index contributed by atoms with van der Waals surface area (Å²) < 4.78 is 13.3. The van der Waals surface area contributed by atoms with Crippen LogP contribution in [-0.2, 0) is 0 Å². The van der Waals surface area contributed by atoms with Crippen molar-refractivity contribution in [3.8, 4) is 0 Å². The molecule has 1 aromatic carbocycles. The van der Waals surface area contributed by atoms with Crippen LogP contribution in [0.5, 0.6) is 0 Å². The second-order valence-corrected chi connectivity index (χ2v) is 4.56. The largest absolute Gasteiger partial charge is 0.371 e. The molecule has 0 aliphatic carbocycles. The van der Waals surface area contributed by atoms with Crippen molar-refractivity contribution >= 4 is 17.3 Å². The summed E-state index contributed by atoms with van der Waals surface area (Å²) in [5, 5.41) is 3.46. The van der Waals surface area contributed by atoms with E-state index in [4.69, 9.17) is 11.6 Å². The van der Waals surface area contributed by atoms with E-state index in [-0.39, 0.29) is 10.8 Å². The smallest absolute Gasteiger partial charge is 0.143 e. The van der Waals surface area contributed by atoms with Crippen LogP contribution in [0.3, 0.4) is 0 Å². The lowest BCUT2D eigenvalue weighted by Gasteiger charge is -2.33. The summed E-state index contributed by atoms with van der Waals surface area (Å²) in [5.74, 6) is -0.338. The molecule has 0 saturated carbocycles. The Hall–Kier alpha value is -0.800. The quantitative estimate of drug-likeness (QED) is 0.858. The molecule has 1 saturated heterocycles. The molecule has 2 nitrogen and oxygen atoms in total. The van der Waals surface area contributed by atoms with Gasteiger partial charge in [0, 0.05) is 24.8 Å². The zero-order chi connectivity index (χ0) is 11.5. The molecule has 0 spiro atoms. The lowest BCUT2D eigenvalue weighted by molar-refractivity contribution is 0.442. The number of nitrogens with zero attached hydrogens (tertiary/aromatic N) is 1. The standard InChI is InChI=1S/C12H16ClFN2/c1-15-9-4-6-16(7-5-9)10-2-3-11(13)12(14)8-10/h2-3,8-9,15H,4-7H2,1H3. The van der Waals surface area contributed by atoms with Crippen molar-refractivity contribution in [1.82, 2.24) is 5.32 Å². The van der Waals surface area contributed by atoms with Crippen LogP contribution in [0.1, 0.15) is 12.8 Å². The van der Waals surface area contributed by atoms with E-state index < -0.39 is 0 Å². The van der Waals surface area contributed by atoms with Crippen LogP contribution in [0.2, 0.25) is 5.02 Å². The molecule has 1 N–H and O–H groups in total. The third-order valence-corrected chi connectivity index (χ3v) is 3.48. The second kappa shape index (κ2) is 5.02. The first kappa shape index (κ1) is 11.7. The van der Waals surface area contributed by atoms with Crippen molar-refractivity contribution in [1.29, 1.82) is 0 Å². The zero-order valence-electron chi connectivity index (χ0n) is 9.34. The van der Waals surface area contributed by atoms with Gasteiger partial charge in [0.25, 0.3) is 0 Å². The Bertz CT molecular complexity index is 362. The number of rotatable bonds is 2. The molecule has 0 aromatic heterocycles. The highest BCUT2D eigenvalue weighted by molar-refractivity contribution is 6.30. The van der Waals surface area contributed by atoms with Crippen LogP contribution in [0.25, 0.3) is 0 Å². The SMILES string of the molecule is CNC1CCN(c2ccc(Cl)c(F)c2)CC1. The van der Waals surface area contributed by atoms with Crippen molar-refractivity contribution in [3.05, 3.63) is 29.0 Å². The Labute approximate surface area is 100 Å². The maximum Gasteiger partial charge on any atom is 0.143 e. The van der Waals surface area contributed by atoms with E-state index in [1.165, 1.54) is 6.07 Å². The van der Waals surface area contributed by atoms with Gasteiger partial charge in [-0.1, -0.05) is 11.6 Å². The molecule has 1 aliphatic rings. The number of benzene rings is 1. The molecular weight excluding hydrogens is 227 g/mol. The lowest BCUT2D eigenvalue weighted by atomic mass is 10.0. The van der Waals surface area contributed by atoms with E-state index in [9.17, 15) is 4.39 Å². The maximum absolute atomic E-state index is 13.3. The maximum atomic E-state index is 13.3. The average Bonchev–Trinajstić information content (AvgIpc) is 2.33. The van der Waals surface area contributed by atoms with Crippen LogP contribution in [0.15, 0.2) is 18.2 Å². The molecule has 1 aliphatic heterocycles. The molecule has 4 heteroatoms. The molecule has 2 rings (SSSR count). The van der Waals surface area contributed by atoms with Gasteiger partial charge in [-0.15, -0.1) is 0 Å². The number of hydrogen-bond acceptors (Lipinski definition) is 2. The minimum absolute atomic E-state index is 0.189. The molecule has 0 radical (unpaired) electrons. The first-order valence-corrected chi connectivity index (χ1v) is 5.96. The van der Waals surface area contributed by atoms with Gasteiger partial charge in [-0.2, -0.15) is 0 Å². The highest BCUT2D eigenvalue weighted by Gasteiger charge is 2.18. The van der Waals surface area contributed by atoms with E-state index in [0.29, 0.717) is 6.04 Å². The predicted octanol–water partition coefficient (Wildman–Crippen LogP) is 2.67. The summed E-state index contributed by atoms with van der Waals surface area (Å²) in [7, 11) is 1.99. The van der Waals surface area contributed by atoms with Crippen LogP contribution in [-0.4, -0.2) is 26.2 Å². The summed E-state index contributed by atoms with van der Waals surface area (Å²) >= 11 is 5.66. The number of piperidine rings is 1. The van der Waals surface area contributed by atoms with Crippen LogP contribution < -0.4 is 10.2 Å². The van der Waals surface area contributed by atoms with E-state index in [0.717, 1.165) is 31.6 Å². The Kier molecular flexibility index (Phi) is 3.66. The molecular formula is C12H16ClFN2. The molecule has 0 amide bonds. The summed E-state index contributed by atoms with van der Waals surface area (Å²) in [4.78, 5) is 2.20. The van der Waals surface area contributed by atoms with Gasteiger partial charge in [-0.25, -0.2) is 4.39 Å². The van der Waals surface area contributed by atoms with Gasteiger partial charge in [-0.05, 0) is 38.1 Å². The highest BCUT2D eigenvalue weighted by Crippen LogP contribution is 2.24. The van der Waals surface area contributed by atoms with Crippen LogP contribution >= 0.6 is 11.6 Å². The summed E-state index contributed by atoms with van der Waals surface area (Å²) in [6.45, 7) is 1.93. The average molecular weight is 243 g/mol. The summed E-state index contributed by atoms with van der Waals surface area (Å²) in [6.07, 6.45) is 2.20. The minimum atomic E-state index is -0.338. The fourth-order valence-electron chi connectivity index (χ4n) is 2.11. The number of hydrogen-bond donors (Lipinski definition) is 1. The van der Waals surface area contributed by atoms with Crippen molar-refractivity contribution in [2.45, 2.75) is 18.9 Å². The van der Waals surface area contributed by atoms with Crippen molar-refractivity contribution in [2.24, 2.45) is 0 Å². The molecule has 1 fully saturated rings. The Morgan fingerprint density at radius 2 is 2.06 bits per heavy atom. The lowest BCUT2D eigenvalue weighted by Crippen LogP contribution is -2.41. The van der Waals surface area contributed by atoms with E-state index in [1.807, 2.05) is 13.1 Å². The third-order valence-electron chi connectivity index (χ3n) is 3.17. The highest BCUT2D eigenvalue weighted by atomic mass is 35.5. The summed E-state index contributed by atoms with van der Waals surface area (Å²) in [5.41, 5.74) is 0.927. The van der Waals surface area contributed by atoms with E-state index in [2.05, 4.69) is 10.2 Å². The Morgan fingerprint density at radius 1 is 1.38 bits per heavy atom. The molecule has 0 atom stereocenters.